The van der Waals surface area contributed by atoms with Gasteiger partial charge in [0.25, 0.3) is 0 Å². The van der Waals surface area contributed by atoms with E-state index in [0.29, 0.717) is 17.0 Å². The fraction of sp³-hybridized carbons (Fsp3) is 0.200. The summed E-state index contributed by atoms with van der Waals surface area (Å²) >= 11 is 23.9. The summed E-state index contributed by atoms with van der Waals surface area (Å²) in [7, 11) is -5.62. The zero-order chi connectivity index (χ0) is 33.7. The Bertz CT molecular complexity index is 1070. The second-order valence-corrected chi connectivity index (χ2v) is 27.2. The Morgan fingerprint density at radius 3 is 0.956 bits per heavy atom. The van der Waals surface area contributed by atoms with Gasteiger partial charge in [-0.25, -0.2) is 0 Å². The molecule has 0 aliphatic rings. The molecule has 45 heavy (non-hydrogen) atoms. The minimum Gasteiger partial charge on any atom is -0.404 e. The SMILES string of the molecule is CCCCO.C[Si](C)(Cl)Cl.Cl[Si](Cl)(c1ccccc1)c1ccccc1.OB(O)O.O[Si](O)(c1ccccc1)c1ccccc1.[Ti]. The van der Waals surface area contributed by atoms with Gasteiger partial charge in [-0.15, -0.1) is 44.3 Å². The Balaban J connectivity index is 0. The molecule has 0 bridgehead atoms. The summed E-state index contributed by atoms with van der Waals surface area (Å²) in [5, 5.41) is 32.8. The first kappa shape index (κ1) is 46.3. The van der Waals surface area contributed by atoms with Gasteiger partial charge in [-0.3, -0.25) is 0 Å². The number of hydrogen-bond acceptors (Lipinski definition) is 6. The molecule has 4 aromatic carbocycles. The van der Waals surface area contributed by atoms with Crippen LogP contribution in [0.2, 0.25) is 13.1 Å². The number of unbranched alkanes of at least 4 members (excludes halogenated alkanes) is 1. The molecule has 4 rings (SSSR count). The van der Waals surface area contributed by atoms with Gasteiger partial charge >= 0.3 is 22.6 Å². The van der Waals surface area contributed by atoms with Gasteiger partial charge in [-0.1, -0.05) is 135 Å². The van der Waals surface area contributed by atoms with Crippen LogP contribution in [0.25, 0.3) is 0 Å². The first-order valence-corrected chi connectivity index (χ1v) is 24.6. The predicted octanol–water partition coefficient (Wildman–Crippen LogP) is 3.84. The van der Waals surface area contributed by atoms with E-state index in [4.69, 9.17) is 64.5 Å². The molecule has 0 amide bonds. The standard InChI is InChI=1S/C12H10Cl2Si.C12H12O2Si.C4H10O.C2H6Cl2Si.BH3O3.Ti/c2*13-15(14,11-7-3-1-4-8-11)12-9-5-2-6-10-12;1-2-3-4-5;1-5(2,3)4;2-1(3)4;/h1-10H;1-10,13-14H;5H,2-4H2,1H3;1-2H3;2-4H;. The minimum atomic E-state index is -3.46. The van der Waals surface area contributed by atoms with Crippen LogP contribution in [0.5, 0.6) is 0 Å². The molecule has 244 valence electrons. The summed E-state index contributed by atoms with van der Waals surface area (Å²) in [6, 6.07) is 37.7. The second-order valence-electron chi connectivity index (χ2n) is 9.46. The number of benzene rings is 4. The zero-order valence-electron chi connectivity index (χ0n) is 25.4. The van der Waals surface area contributed by atoms with Gasteiger partial charge in [0.15, 0.2) is 0 Å². The van der Waals surface area contributed by atoms with Crippen molar-refractivity contribution in [2.45, 2.75) is 32.9 Å². The second kappa shape index (κ2) is 25.3. The number of aliphatic hydroxyl groups excluding tert-OH is 1. The number of rotatable bonds is 6. The van der Waals surface area contributed by atoms with Crippen molar-refractivity contribution in [3.05, 3.63) is 121 Å². The molecule has 0 aromatic heterocycles. The van der Waals surface area contributed by atoms with E-state index in [-0.39, 0.29) is 21.7 Å². The van der Waals surface area contributed by atoms with E-state index < -0.39 is 29.3 Å². The average Bonchev–Trinajstić information content (AvgIpc) is 2.99. The quantitative estimate of drug-likeness (QED) is 0.131. The number of halogens is 4. The maximum absolute atomic E-state index is 10.2. The van der Waals surface area contributed by atoms with Crippen LogP contribution in [-0.2, 0) is 21.7 Å². The van der Waals surface area contributed by atoms with E-state index in [2.05, 4.69) is 6.92 Å². The van der Waals surface area contributed by atoms with Crippen LogP contribution in [0.1, 0.15) is 19.8 Å². The molecular weight excluding hydrogens is 741 g/mol. The summed E-state index contributed by atoms with van der Waals surface area (Å²) in [6.07, 6.45) is 2.04. The van der Waals surface area contributed by atoms with Crippen molar-refractivity contribution in [3.8, 4) is 0 Å². The maximum Gasteiger partial charge on any atom is 0.631 e. The molecule has 0 fully saturated rings. The van der Waals surface area contributed by atoms with E-state index in [1.165, 1.54) is 0 Å². The van der Waals surface area contributed by atoms with E-state index in [9.17, 15) is 9.59 Å². The summed E-state index contributed by atoms with van der Waals surface area (Å²) in [5.41, 5.74) is 0. The molecule has 0 heterocycles. The monoisotopic (exact) mass is 780 g/mol. The third-order valence-corrected chi connectivity index (χ3v) is 12.1. The Hall–Kier alpha value is -0.770. The van der Waals surface area contributed by atoms with Crippen LogP contribution in [0, 0.1) is 0 Å². The topological polar surface area (TPSA) is 121 Å². The van der Waals surface area contributed by atoms with Gasteiger partial charge in [-0.05, 0) is 40.3 Å². The summed E-state index contributed by atoms with van der Waals surface area (Å²) in [5.74, 6) is 0. The molecule has 0 unspecified atom stereocenters. The molecule has 6 nitrogen and oxygen atoms in total. The van der Waals surface area contributed by atoms with Gasteiger partial charge in [0.2, 0.25) is 6.69 Å². The summed E-state index contributed by atoms with van der Waals surface area (Å²) in [6.45, 7) is 1.93. The maximum atomic E-state index is 10.2. The van der Waals surface area contributed by atoms with Gasteiger partial charge in [0.1, 0.15) is 0 Å². The molecule has 15 heteroatoms. The van der Waals surface area contributed by atoms with Gasteiger partial charge < -0.3 is 29.8 Å². The number of aliphatic hydroxyl groups is 1. The Kier molecular flexibility index (Phi) is 26.0. The molecule has 6 N–H and O–H groups in total. The van der Waals surface area contributed by atoms with Crippen molar-refractivity contribution in [2.75, 3.05) is 6.61 Å². The van der Waals surface area contributed by atoms with Crippen molar-refractivity contribution in [3.63, 3.8) is 0 Å². The van der Waals surface area contributed by atoms with Gasteiger partial charge in [0, 0.05) is 28.3 Å². The van der Waals surface area contributed by atoms with Crippen molar-refractivity contribution in [2.24, 2.45) is 0 Å². The van der Waals surface area contributed by atoms with Crippen molar-refractivity contribution in [1.82, 2.24) is 0 Å². The molecule has 0 radical (unpaired) electrons. The van der Waals surface area contributed by atoms with Gasteiger partial charge in [0.05, 0.1) is 0 Å². The Morgan fingerprint density at radius 2 is 0.778 bits per heavy atom. The Labute approximate surface area is 304 Å². The molecule has 0 aliphatic carbocycles. The van der Waals surface area contributed by atoms with Crippen LogP contribution in [0.15, 0.2) is 121 Å². The third kappa shape index (κ3) is 22.4. The van der Waals surface area contributed by atoms with Crippen LogP contribution in [-0.4, -0.2) is 65.6 Å². The van der Waals surface area contributed by atoms with Crippen LogP contribution in [0.4, 0.5) is 0 Å². The van der Waals surface area contributed by atoms with E-state index in [0.717, 1.165) is 23.2 Å². The summed E-state index contributed by atoms with van der Waals surface area (Å²) in [4.78, 5) is 20.3. The van der Waals surface area contributed by atoms with Gasteiger partial charge in [-0.2, -0.15) is 0 Å². The molecular formula is C30H41BCl4O6Si3Ti. The van der Waals surface area contributed by atoms with Crippen molar-refractivity contribution < 1.29 is 51.5 Å². The van der Waals surface area contributed by atoms with E-state index in [1.807, 2.05) is 110 Å². The molecule has 0 saturated heterocycles. The minimum absolute atomic E-state index is 0. The molecule has 0 atom stereocenters. The summed E-state index contributed by atoms with van der Waals surface area (Å²) < 4.78 is 0. The Morgan fingerprint density at radius 1 is 0.556 bits per heavy atom. The largest absolute Gasteiger partial charge is 0.631 e. The molecule has 0 saturated carbocycles. The van der Waals surface area contributed by atoms with Crippen molar-refractivity contribution in [1.29, 1.82) is 0 Å². The van der Waals surface area contributed by atoms with E-state index >= 15 is 0 Å². The first-order valence-electron chi connectivity index (χ1n) is 13.6. The normalized spacial score (nSPS) is 10.4. The van der Waals surface area contributed by atoms with Crippen LogP contribution < -0.4 is 20.7 Å². The predicted molar refractivity (Wildman–Crippen MR) is 196 cm³/mol. The zero-order valence-corrected chi connectivity index (χ0v) is 33.0. The fourth-order valence-electron chi connectivity index (χ4n) is 3.13. The average molecular weight is 782 g/mol. The molecule has 4 aromatic rings. The first-order chi connectivity index (χ1) is 20.6. The molecule has 0 aliphatic heterocycles. The van der Waals surface area contributed by atoms with Crippen molar-refractivity contribution >= 4 is 94.3 Å². The van der Waals surface area contributed by atoms with Crippen LogP contribution >= 0.6 is 44.3 Å². The third-order valence-electron chi connectivity index (χ3n) is 5.14. The van der Waals surface area contributed by atoms with E-state index in [1.54, 1.807) is 24.3 Å². The number of hydrogen-bond donors (Lipinski definition) is 6. The molecule has 0 spiro atoms. The smallest absolute Gasteiger partial charge is 0.404 e. The van der Waals surface area contributed by atoms with Crippen LogP contribution in [0.3, 0.4) is 0 Å². The fourth-order valence-corrected chi connectivity index (χ4v) is 7.84.